The number of nitrogens with zero attached hydrogens (tertiary/aromatic N) is 2. The summed E-state index contributed by atoms with van der Waals surface area (Å²) in [6.07, 6.45) is 1.26. The molecule has 2 heterocycles. The van der Waals surface area contributed by atoms with Crippen LogP contribution in [-0.4, -0.2) is 44.0 Å². The van der Waals surface area contributed by atoms with E-state index in [9.17, 15) is 8.42 Å². The fourth-order valence-corrected chi connectivity index (χ4v) is 3.47. The van der Waals surface area contributed by atoms with Crippen molar-refractivity contribution in [3.63, 3.8) is 0 Å². The molecule has 0 spiro atoms. The lowest BCUT2D eigenvalue weighted by molar-refractivity contribution is 0.0730. The molecule has 0 unspecified atom stereocenters. The number of morpholine rings is 1. The third-order valence-electron chi connectivity index (χ3n) is 2.38. The fourth-order valence-electron chi connectivity index (χ4n) is 1.48. The van der Waals surface area contributed by atoms with Crippen molar-refractivity contribution < 1.29 is 13.2 Å². The maximum Gasteiger partial charge on any atom is 0.244 e. The van der Waals surface area contributed by atoms with E-state index >= 15 is 0 Å². The molecule has 1 fully saturated rings. The van der Waals surface area contributed by atoms with Gasteiger partial charge in [-0.2, -0.15) is 4.31 Å². The monoisotopic (exact) mass is 340 g/mol. The van der Waals surface area contributed by atoms with Crippen molar-refractivity contribution in [1.29, 1.82) is 0 Å². The number of hydrogen-bond donors (Lipinski definition) is 0. The normalized spacial score (nSPS) is 18.2. The van der Waals surface area contributed by atoms with Gasteiger partial charge < -0.3 is 4.74 Å². The van der Waals surface area contributed by atoms with Gasteiger partial charge in [0.05, 0.1) is 17.7 Å². The van der Waals surface area contributed by atoms with Gasteiger partial charge in [-0.3, -0.25) is 0 Å². The largest absolute Gasteiger partial charge is 0.379 e. The molecule has 0 atom stereocenters. The standard InChI is InChI=1S/C9H10BrClN2O3S/c10-8-5-7(6-12-9(8)11)17(14,15)13-1-3-16-4-2-13/h5-6H,1-4H2. The maximum atomic E-state index is 12.2. The summed E-state index contributed by atoms with van der Waals surface area (Å²) in [4.78, 5) is 3.96. The van der Waals surface area contributed by atoms with Gasteiger partial charge >= 0.3 is 0 Å². The Hall–Kier alpha value is -0.210. The van der Waals surface area contributed by atoms with E-state index in [1.165, 1.54) is 16.6 Å². The van der Waals surface area contributed by atoms with Crippen LogP contribution >= 0.6 is 27.5 Å². The van der Waals surface area contributed by atoms with Crippen LogP contribution in [0.25, 0.3) is 0 Å². The molecule has 8 heteroatoms. The lowest BCUT2D eigenvalue weighted by Gasteiger charge is -2.25. The zero-order chi connectivity index (χ0) is 12.5. The van der Waals surface area contributed by atoms with Crippen molar-refractivity contribution in [1.82, 2.24) is 9.29 Å². The van der Waals surface area contributed by atoms with Crippen molar-refractivity contribution >= 4 is 37.6 Å². The molecule has 0 aliphatic carbocycles. The van der Waals surface area contributed by atoms with Gasteiger partial charge in [-0.25, -0.2) is 13.4 Å². The Morgan fingerprint density at radius 3 is 2.65 bits per heavy atom. The number of hydrogen-bond acceptors (Lipinski definition) is 4. The lowest BCUT2D eigenvalue weighted by atomic mass is 10.5. The van der Waals surface area contributed by atoms with Crippen LogP contribution in [-0.2, 0) is 14.8 Å². The van der Waals surface area contributed by atoms with Crippen molar-refractivity contribution in [2.24, 2.45) is 0 Å². The summed E-state index contributed by atoms with van der Waals surface area (Å²) in [6.45, 7) is 1.56. The number of rotatable bonds is 2. The van der Waals surface area contributed by atoms with E-state index in [4.69, 9.17) is 16.3 Å². The van der Waals surface area contributed by atoms with Crippen molar-refractivity contribution in [3.05, 3.63) is 21.9 Å². The minimum Gasteiger partial charge on any atom is -0.379 e. The second kappa shape index (κ2) is 5.19. The number of aromatic nitrogens is 1. The van der Waals surface area contributed by atoms with E-state index in [-0.39, 0.29) is 10.0 Å². The van der Waals surface area contributed by atoms with Crippen LogP contribution in [0.15, 0.2) is 21.6 Å². The quantitative estimate of drug-likeness (QED) is 0.765. The molecule has 0 amide bonds. The third-order valence-corrected chi connectivity index (χ3v) is 5.38. The molecule has 1 saturated heterocycles. The summed E-state index contributed by atoms with van der Waals surface area (Å²) in [6, 6.07) is 1.46. The smallest absolute Gasteiger partial charge is 0.244 e. The van der Waals surface area contributed by atoms with Crippen molar-refractivity contribution in [2.75, 3.05) is 26.3 Å². The predicted octanol–water partition coefficient (Wildman–Crippen LogP) is 1.52. The van der Waals surface area contributed by atoms with Gasteiger partial charge in [-0.05, 0) is 22.0 Å². The molecule has 1 aromatic heterocycles. The van der Waals surface area contributed by atoms with E-state index in [1.807, 2.05) is 0 Å². The molecule has 0 aromatic carbocycles. The van der Waals surface area contributed by atoms with E-state index < -0.39 is 10.0 Å². The molecule has 2 rings (SSSR count). The second-order valence-corrected chi connectivity index (χ2v) is 6.61. The van der Waals surface area contributed by atoms with Gasteiger partial charge in [0.2, 0.25) is 10.0 Å². The Morgan fingerprint density at radius 2 is 2.06 bits per heavy atom. The Morgan fingerprint density at radius 1 is 1.41 bits per heavy atom. The number of sulfonamides is 1. The van der Waals surface area contributed by atoms with E-state index in [1.54, 1.807) is 0 Å². The average Bonchev–Trinajstić information content (AvgIpc) is 2.33. The molecule has 0 bridgehead atoms. The van der Waals surface area contributed by atoms with E-state index in [0.29, 0.717) is 30.8 Å². The molecule has 1 aromatic rings. The van der Waals surface area contributed by atoms with Crippen LogP contribution in [0.2, 0.25) is 5.15 Å². The molecule has 1 aliphatic rings. The summed E-state index contributed by atoms with van der Waals surface area (Å²) >= 11 is 8.89. The maximum absolute atomic E-state index is 12.2. The van der Waals surface area contributed by atoms with Gasteiger partial charge in [-0.1, -0.05) is 11.6 Å². The van der Waals surface area contributed by atoms with Gasteiger partial charge in [0.1, 0.15) is 10.0 Å². The zero-order valence-electron chi connectivity index (χ0n) is 8.77. The summed E-state index contributed by atoms with van der Waals surface area (Å²) in [5.74, 6) is 0. The molecule has 94 valence electrons. The van der Waals surface area contributed by atoms with E-state index in [0.717, 1.165) is 0 Å². The highest BCUT2D eigenvalue weighted by Crippen LogP contribution is 2.24. The molecule has 5 nitrogen and oxygen atoms in total. The number of halogens is 2. The van der Waals surface area contributed by atoms with Crippen molar-refractivity contribution in [3.8, 4) is 0 Å². The first-order chi connectivity index (χ1) is 8.01. The minimum absolute atomic E-state index is 0.135. The van der Waals surface area contributed by atoms with E-state index in [2.05, 4.69) is 20.9 Å². The third kappa shape index (κ3) is 2.79. The Balaban J connectivity index is 2.33. The first kappa shape index (κ1) is 13.2. The SMILES string of the molecule is O=S(=O)(c1cnc(Cl)c(Br)c1)N1CCOCC1. The first-order valence-electron chi connectivity index (χ1n) is 4.91. The molecule has 0 N–H and O–H groups in total. The molecular formula is C9H10BrClN2O3S. The summed E-state index contributed by atoms with van der Waals surface area (Å²) in [5.41, 5.74) is 0. The highest BCUT2D eigenvalue weighted by Gasteiger charge is 2.27. The Kier molecular flexibility index (Phi) is 4.04. The minimum atomic E-state index is -3.50. The summed E-state index contributed by atoms with van der Waals surface area (Å²) < 4.78 is 31.4. The van der Waals surface area contributed by atoms with Crippen LogP contribution in [0.5, 0.6) is 0 Å². The van der Waals surface area contributed by atoms with Crippen LogP contribution in [0, 0.1) is 0 Å². The van der Waals surface area contributed by atoms with Crippen molar-refractivity contribution in [2.45, 2.75) is 4.90 Å². The number of ether oxygens (including phenoxy) is 1. The fraction of sp³-hybridized carbons (Fsp3) is 0.444. The second-order valence-electron chi connectivity index (χ2n) is 3.46. The zero-order valence-corrected chi connectivity index (χ0v) is 11.9. The molecule has 0 saturated carbocycles. The molecule has 0 radical (unpaired) electrons. The molecule has 17 heavy (non-hydrogen) atoms. The van der Waals surface area contributed by atoms with Gasteiger partial charge in [0.15, 0.2) is 0 Å². The molecule has 1 aliphatic heterocycles. The highest BCUT2D eigenvalue weighted by molar-refractivity contribution is 9.10. The molecular weight excluding hydrogens is 332 g/mol. The topological polar surface area (TPSA) is 59.5 Å². The van der Waals surface area contributed by atoms with Crippen LogP contribution in [0.4, 0.5) is 0 Å². The van der Waals surface area contributed by atoms with Crippen LogP contribution < -0.4 is 0 Å². The summed E-state index contributed by atoms with van der Waals surface area (Å²) in [7, 11) is -3.50. The summed E-state index contributed by atoms with van der Waals surface area (Å²) in [5, 5.41) is 0.242. The first-order valence-corrected chi connectivity index (χ1v) is 7.52. The Bertz CT molecular complexity index is 517. The highest BCUT2D eigenvalue weighted by atomic mass is 79.9. The van der Waals surface area contributed by atoms with Gasteiger partial charge in [0.25, 0.3) is 0 Å². The average molecular weight is 342 g/mol. The number of pyridine rings is 1. The predicted molar refractivity (Wildman–Crippen MR) is 66.5 cm³/mol. The Labute approximate surface area is 113 Å². The lowest BCUT2D eigenvalue weighted by Crippen LogP contribution is -2.40. The van der Waals surface area contributed by atoms with Crippen LogP contribution in [0.3, 0.4) is 0 Å². The van der Waals surface area contributed by atoms with Gasteiger partial charge in [-0.15, -0.1) is 0 Å². The van der Waals surface area contributed by atoms with Gasteiger partial charge in [0, 0.05) is 19.3 Å². The van der Waals surface area contributed by atoms with Crippen LogP contribution in [0.1, 0.15) is 0 Å².